The maximum absolute atomic E-state index is 4.36. The highest BCUT2D eigenvalue weighted by atomic mass is 127. The van der Waals surface area contributed by atoms with Crippen molar-refractivity contribution < 1.29 is 0 Å². The third-order valence-electron chi connectivity index (χ3n) is 5.36. The van der Waals surface area contributed by atoms with Crippen LogP contribution in [0.3, 0.4) is 0 Å². The number of likely N-dealkylation sites (N-methyl/N-ethyl adjacent to an activating group) is 1. The van der Waals surface area contributed by atoms with Crippen molar-refractivity contribution in [2.24, 2.45) is 10.9 Å². The first kappa shape index (κ1) is 21.9. The number of fused-ring (bicyclic) bond motifs is 1. The first-order chi connectivity index (χ1) is 12.7. The van der Waals surface area contributed by atoms with Gasteiger partial charge in [-0.15, -0.1) is 34.2 Å². The molecule has 1 saturated carbocycles. The Morgan fingerprint density at radius 2 is 2.00 bits per heavy atom. The van der Waals surface area contributed by atoms with Crippen molar-refractivity contribution in [3.05, 3.63) is 30.2 Å². The zero-order valence-electron chi connectivity index (χ0n) is 16.6. The van der Waals surface area contributed by atoms with Crippen LogP contribution in [0.15, 0.2) is 29.4 Å². The van der Waals surface area contributed by atoms with Crippen LogP contribution in [0.4, 0.5) is 0 Å². The van der Waals surface area contributed by atoms with E-state index in [9.17, 15) is 0 Å². The Morgan fingerprint density at radius 1 is 1.22 bits per heavy atom. The summed E-state index contributed by atoms with van der Waals surface area (Å²) < 4.78 is 1.99. The van der Waals surface area contributed by atoms with Gasteiger partial charge in [-0.25, -0.2) is 0 Å². The lowest BCUT2D eigenvalue weighted by atomic mass is 9.83. The van der Waals surface area contributed by atoms with E-state index in [2.05, 4.69) is 44.8 Å². The van der Waals surface area contributed by atoms with Gasteiger partial charge in [-0.05, 0) is 45.0 Å². The highest BCUT2D eigenvalue weighted by Crippen LogP contribution is 2.28. The molecule has 1 aliphatic rings. The molecule has 2 aromatic heterocycles. The van der Waals surface area contributed by atoms with Crippen LogP contribution in [-0.2, 0) is 6.54 Å². The van der Waals surface area contributed by atoms with Crippen LogP contribution in [0.25, 0.3) is 5.65 Å². The fraction of sp³-hybridized carbons (Fsp3) is 0.632. The van der Waals surface area contributed by atoms with Crippen molar-refractivity contribution in [2.45, 2.75) is 44.7 Å². The lowest BCUT2D eigenvalue weighted by molar-refractivity contribution is 0.171. The van der Waals surface area contributed by atoms with Gasteiger partial charge in [-0.1, -0.05) is 25.3 Å². The largest absolute Gasteiger partial charge is 0.355 e. The summed E-state index contributed by atoms with van der Waals surface area (Å²) in [7, 11) is 6.17. The third-order valence-corrected chi connectivity index (χ3v) is 5.36. The Bertz CT molecular complexity index is 722. The summed E-state index contributed by atoms with van der Waals surface area (Å²) in [5, 5.41) is 15.3. The van der Waals surface area contributed by atoms with Gasteiger partial charge >= 0.3 is 0 Å². The molecule has 0 bridgehead atoms. The number of pyridine rings is 1. The number of hydrogen-bond donors (Lipinski definition) is 2. The maximum atomic E-state index is 4.36. The molecule has 2 N–H and O–H groups in total. The topological polar surface area (TPSA) is 69.8 Å². The van der Waals surface area contributed by atoms with Gasteiger partial charge in [-0.2, -0.15) is 0 Å². The van der Waals surface area contributed by atoms with Crippen molar-refractivity contribution >= 4 is 35.6 Å². The lowest BCUT2D eigenvalue weighted by Crippen LogP contribution is -2.48. The number of guanidine groups is 1. The number of hydrogen-bond acceptors (Lipinski definition) is 4. The Balaban J connectivity index is 0.00000261. The van der Waals surface area contributed by atoms with Crippen molar-refractivity contribution in [1.29, 1.82) is 0 Å². The Kier molecular flexibility index (Phi) is 8.75. The zero-order valence-corrected chi connectivity index (χ0v) is 18.9. The molecule has 1 fully saturated rings. The van der Waals surface area contributed by atoms with Crippen molar-refractivity contribution in [2.75, 3.05) is 27.7 Å². The first-order valence-electron chi connectivity index (χ1n) is 9.58. The van der Waals surface area contributed by atoms with Crippen LogP contribution in [0.5, 0.6) is 0 Å². The van der Waals surface area contributed by atoms with E-state index in [1.807, 2.05) is 35.8 Å². The lowest BCUT2D eigenvalue weighted by Gasteiger charge is -2.35. The summed E-state index contributed by atoms with van der Waals surface area (Å²) in [5.74, 6) is 2.45. The van der Waals surface area contributed by atoms with E-state index in [-0.39, 0.29) is 24.0 Å². The summed E-state index contributed by atoms with van der Waals surface area (Å²) in [6.07, 6.45) is 8.77. The summed E-state index contributed by atoms with van der Waals surface area (Å²) in [6.45, 7) is 1.48. The second-order valence-corrected chi connectivity index (χ2v) is 7.28. The van der Waals surface area contributed by atoms with Crippen molar-refractivity contribution in [3.63, 3.8) is 0 Å². The molecule has 1 aliphatic carbocycles. The van der Waals surface area contributed by atoms with Crippen LogP contribution >= 0.6 is 24.0 Å². The molecule has 0 aromatic carbocycles. The average Bonchev–Trinajstić information content (AvgIpc) is 3.08. The van der Waals surface area contributed by atoms with Crippen LogP contribution in [0.1, 0.15) is 37.9 Å². The number of aromatic nitrogens is 3. The van der Waals surface area contributed by atoms with E-state index >= 15 is 0 Å². The van der Waals surface area contributed by atoms with Crippen LogP contribution in [0.2, 0.25) is 0 Å². The van der Waals surface area contributed by atoms with Gasteiger partial charge in [-0.3, -0.25) is 9.39 Å². The smallest absolute Gasteiger partial charge is 0.191 e. The van der Waals surface area contributed by atoms with E-state index in [1.54, 1.807) is 0 Å². The molecular weight excluding hydrogens is 453 g/mol. The normalized spacial score (nSPS) is 17.0. The number of aliphatic imine (C=N–C) groups is 1. The molecule has 2 heterocycles. The number of rotatable bonds is 6. The molecule has 3 rings (SSSR count). The molecule has 0 amide bonds. The van der Waals surface area contributed by atoms with Gasteiger partial charge in [0, 0.05) is 25.8 Å². The van der Waals surface area contributed by atoms with E-state index in [0.717, 1.165) is 29.9 Å². The number of nitrogens with zero attached hydrogens (tertiary/aromatic N) is 5. The number of nitrogens with one attached hydrogen (secondary N) is 2. The minimum Gasteiger partial charge on any atom is -0.355 e. The van der Waals surface area contributed by atoms with E-state index < -0.39 is 0 Å². The second kappa shape index (κ2) is 10.8. The average molecular weight is 485 g/mol. The molecule has 8 heteroatoms. The molecule has 27 heavy (non-hydrogen) atoms. The van der Waals surface area contributed by atoms with Gasteiger partial charge in [0.1, 0.15) is 0 Å². The predicted molar refractivity (Wildman–Crippen MR) is 121 cm³/mol. The molecule has 0 saturated heterocycles. The summed E-state index contributed by atoms with van der Waals surface area (Å²) in [6, 6.07) is 6.44. The SMILES string of the molecule is CN=C(NCc1nnc2ccccn12)NCC(C1CCCCC1)N(C)C.I. The van der Waals surface area contributed by atoms with Crippen LogP contribution < -0.4 is 10.6 Å². The fourth-order valence-electron chi connectivity index (χ4n) is 3.89. The molecule has 150 valence electrons. The summed E-state index contributed by atoms with van der Waals surface area (Å²) in [5.41, 5.74) is 0.859. The Morgan fingerprint density at radius 3 is 2.70 bits per heavy atom. The minimum absolute atomic E-state index is 0. The zero-order chi connectivity index (χ0) is 18.4. The van der Waals surface area contributed by atoms with Crippen molar-refractivity contribution in [3.8, 4) is 0 Å². The van der Waals surface area contributed by atoms with Gasteiger partial charge in [0.05, 0.1) is 6.54 Å². The third kappa shape index (κ3) is 5.78. The Labute approximate surface area is 179 Å². The van der Waals surface area contributed by atoms with Gasteiger partial charge in [0.25, 0.3) is 0 Å². The first-order valence-corrected chi connectivity index (χ1v) is 9.58. The molecule has 0 radical (unpaired) electrons. The highest BCUT2D eigenvalue weighted by molar-refractivity contribution is 14.0. The van der Waals surface area contributed by atoms with E-state index in [0.29, 0.717) is 12.6 Å². The predicted octanol–water partition coefficient (Wildman–Crippen LogP) is 2.52. The minimum atomic E-state index is 0. The fourth-order valence-corrected chi connectivity index (χ4v) is 3.89. The van der Waals surface area contributed by atoms with E-state index in [1.165, 1.54) is 32.1 Å². The molecule has 1 atom stereocenters. The molecule has 0 aliphatic heterocycles. The monoisotopic (exact) mass is 485 g/mol. The van der Waals surface area contributed by atoms with Gasteiger partial charge in [0.15, 0.2) is 17.4 Å². The maximum Gasteiger partial charge on any atom is 0.191 e. The van der Waals surface area contributed by atoms with E-state index in [4.69, 9.17) is 0 Å². The molecule has 0 spiro atoms. The molecule has 7 nitrogen and oxygen atoms in total. The quantitative estimate of drug-likeness (QED) is 0.374. The van der Waals surface area contributed by atoms with Crippen LogP contribution in [0, 0.1) is 5.92 Å². The summed E-state index contributed by atoms with van der Waals surface area (Å²) >= 11 is 0. The van der Waals surface area contributed by atoms with Gasteiger partial charge in [0.2, 0.25) is 0 Å². The van der Waals surface area contributed by atoms with Crippen LogP contribution in [-0.4, -0.2) is 59.2 Å². The standard InChI is InChI=1S/C19H31N7.HI/c1-20-19(21-13-16(25(2)3)15-9-5-4-6-10-15)22-14-18-24-23-17-11-7-8-12-26(17)18;/h7-8,11-12,15-16H,4-6,9-10,13-14H2,1-3H3,(H2,20,21,22);1H. The second-order valence-electron chi connectivity index (χ2n) is 7.28. The summed E-state index contributed by atoms with van der Waals surface area (Å²) in [4.78, 5) is 6.71. The Hall–Kier alpha value is -1.42. The van der Waals surface area contributed by atoms with Crippen molar-refractivity contribution in [1.82, 2.24) is 30.1 Å². The molecule has 1 unspecified atom stereocenters. The highest BCUT2D eigenvalue weighted by Gasteiger charge is 2.25. The number of halogens is 1. The van der Waals surface area contributed by atoms with Gasteiger partial charge < -0.3 is 15.5 Å². The molecule has 2 aromatic rings. The molecular formula is C19H32IN7.